The highest BCUT2D eigenvalue weighted by molar-refractivity contribution is 4.95. The van der Waals surface area contributed by atoms with Crippen molar-refractivity contribution in [2.45, 2.75) is 6.61 Å². The topological polar surface area (TPSA) is 33.4 Å². The van der Waals surface area contributed by atoms with Gasteiger partial charge in [-0.1, -0.05) is 0 Å². The van der Waals surface area contributed by atoms with Gasteiger partial charge in [0.25, 0.3) is 0 Å². The van der Waals surface area contributed by atoms with Crippen LogP contribution in [0.5, 0.6) is 0 Å². The summed E-state index contributed by atoms with van der Waals surface area (Å²) in [6, 6.07) is 3.46. The van der Waals surface area contributed by atoms with Gasteiger partial charge in [-0.15, -0.1) is 0 Å². The lowest BCUT2D eigenvalue weighted by molar-refractivity contribution is 0.247. The molecular weight excluding hydrogens is 92.1 g/mol. The van der Waals surface area contributed by atoms with Crippen molar-refractivity contribution in [1.29, 1.82) is 0 Å². The molecular formula is C5H10O2+4. The summed E-state index contributed by atoms with van der Waals surface area (Å²) in [4.78, 5) is 0. The minimum Gasteiger partial charge on any atom is -0.467 e. The summed E-state index contributed by atoms with van der Waals surface area (Å²) in [5, 5.41) is 8.33. The summed E-state index contributed by atoms with van der Waals surface area (Å²) in [5.41, 5.74) is 0. The molecule has 1 aromatic heterocycles. The molecule has 0 aliphatic heterocycles. The molecule has 0 aromatic carbocycles. The molecule has 7 heavy (non-hydrogen) atoms. The van der Waals surface area contributed by atoms with Gasteiger partial charge in [0.05, 0.1) is 6.26 Å². The zero-order valence-electron chi connectivity index (χ0n) is 7.79. The van der Waals surface area contributed by atoms with E-state index in [1.807, 2.05) is 0 Å². The first-order valence-corrected chi connectivity index (χ1v) is 2.06. The Balaban J connectivity index is -0.0000000612. The van der Waals surface area contributed by atoms with Gasteiger partial charge in [0.15, 0.2) is 0 Å². The van der Waals surface area contributed by atoms with E-state index in [2.05, 4.69) is 0 Å². The lowest BCUT2D eigenvalue weighted by Crippen LogP contribution is -1.72. The largest absolute Gasteiger partial charge is 1.00 e. The van der Waals surface area contributed by atoms with Crippen molar-refractivity contribution < 1.29 is 15.2 Å². The Bertz CT molecular complexity index is 131. The molecule has 0 bridgehead atoms. The summed E-state index contributed by atoms with van der Waals surface area (Å²) in [5.74, 6) is 0.611. The van der Waals surface area contributed by atoms with E-state index in [1.165, 1.54) is 6.26 Å². The van der Waals surface area contributed by atoms with E-state index < -0.39 is 0 Å². The average Bonchev–Trinajstić information content (AvgIpc) is 2.14. The molecule has 0 amide bonds. The fourth-order valence-corrected chi connectivity index (χ4v) is 0.403. The SMILES string of the molecule is OCc1ccco1.[H+].[H+].[H+].[H+]. The standard InChI is InChI=1S/C5H6O2/c6-4-5-2-1-3-7-5/h1-3,6H,4H2/p+4. The summed E-state index contributed by atoms with van der Waals surface area (Å²) in [6.07, 6.45) is 1.53. The van der Waals surface area contributed by atoms with Crippen LogP contribution in [0.15, 0.2) is 22.8 Å². The molecule has 1 aromatic rings. The Labute approximate surface area is 47.3 Å². The minimum atomic E-state index is -0.00694. The lowest BCUT2D eigenvalue weighted by Gasteiger charge is -1.79. The van der Waals surface area contributed by atoms with Crippen LogP contribution in [-0.2, 0) is 6.61 Å². The number of aliphatic hydroxyl groups excluding tert-OH is 1. The van der Waals surface area contributed by atoms with Gasteiger partial charge < -0.3 is 9.52 Å². The number of hydrogen-bond donors (Lipinski definition) is 1. The fourth-order valence-electron chi connectivity index (χ4n) is 0.403. The van der Waals surface area contributed by atoms with Crippen LogP contribution in [0.4, 0.5) is 0 Å². The van der Waals surface area contributed by atoms with Crippen molar-refractivity contribution in [2.24, 2.45) is 0 Å². The molecule has 0 saturated heterocycles. The maximum absolute atomic E-state index is 8.33. The van der Waals surface area contributed by atoms with E-state index in [4.69, 9.17) is 9.52 Å². The van der Waals surface area contributed by atoms with Crippen LogP contribution in [0.25, 0.3) is 0 Å². The third-order valence-electron chi connectivity index (χ3n) is 0.736. The predicted octanol–water partition coefficient (Wildman–Crippen LogP) is 1.22. The van der Waals surface area contributed by atoms with Crippen molar-refractivity contribution in [3.05, 3.63) is 24.2 Å². The van der Waals surface area contributed by atoms with Crippen LogP contribution in [0.3, 0.4) is 0 Å². The lowest BCUT2D eigenvalue weighted by atomic mass is 10.5. The molecule has 0 spiro atoms. The van der Waals surface area contributed by atoms with Crippen molar-refractivity contribution >= 4 is 0 Å². The molecule has 1 N–H and O–H groups in total. The third-order valence-corrected chi connectivity index (χ3v) is 0.736. The molecule has 0 fully saturated rings. The number of furan rings is 1. The van der Waals surface area contributed by atoms with Crippen molar-refractivity contribution in [2.75, 3.05) is 0 Å². The average molecular weight is 102 g/mol. The Kier molecular flexibility index (Phi) is 1.13. The van der Waals surface area contributed by atoms with Crippen LogP contribution >= 0.6 is 0 Å². The summed E-state index contributed by atoms with van der Waals surface area (Å²) >= 11 is 0. The minimum absolute atomic E-state index is 0. The first-order valence-electron chi connectivity index (χ1n) is 2.06. The molecule has 1 rings (SSSR count). The van der Waals surface area contributed by atoms with E-state index in [0.717, 1.165) is 0 Å². The maximum Gasteiger partial charge on any atom is 1.00 e. The Morgan fingerprint density at radius 3 is 3.00 bits per heavy atom. The zero-order valence-corrected chi connectivity index (χ0v) is 3.79. The molecule has 1 heterocycles. The highest BCUT2D eigenvalue weighted by Gasteiger charge is 1.85. The summed E-state index contributed by atoms with van der Waals surface area (Å²) in [7, 11) is 0. The molecule has 0 aliphatic carbocycles. The smallest absolute Gasteiger partial charge is 0.467 e. The molecule has 0 saturated carbocycles. The first-order chi connectivity index (χ1) is 3.43. The van der Waals surface area contributed by atoms with Gasteiger partial charge in [-0.2, -0.15) is 0 Å². The van der Waals surface area contributed by atoms with Crippen LogP contribution in [-0.4, -0.2) is 5.11 Å². The Hall–Kier alpha value is -0.760. The van der Waals surface area contributed by atoms with Crippen molar-refractivity contribution in [3.8, 4) is 0 Å². The van der Waals surface area contributed by atoms with E-state index in [-0.39, 0.29) is 12.3 Å². The van der Waals surface area contributed by atoms with Crippen LogP contribution in [0.2, 0.25) is 0 Å². The Morgan fingerprint density at radius 1 is 1.86 bits per heavy atom. The van der Waals surface area contributed by atoms with E-state index in [0.29, 0.717) is 5.76 Å². The van der Waals surface area contributed by atoms with Crippen molar-refractivity contribution in [3.63, 3.8) is 0 Å². The summed E-state index contributed by atoms with van der Waals surface area (Å²) in [6.45, 7) is -0.00694. The van der Waals surface area contributed by atoms with Gasteiger partial charge in [-0.3, -0.25) is 0 Å². The second-order valence-corrected chi connectivity index (χ2v) is 1.24. The fraction of sp³-hybridized carbons (Fsp3) is 0.200. The first kappa shape index (κ1) is 4.40. The van der Waals surface area contributed by atoms with Crippen LogP contribution < -0.4 is 0 Å². The van der Waals surface area contributed by atoms with E-state index in [9.17, 15) is 0 Å². The highest BCUT2D eigenvalue weighted by Crippen LogP contribution is 1.96. The predicted molar refractivity (Wildman–Crippen MR) is 29.1 cm³/mol. The second-order valence-electron chi connectivity index (χ2n) is 1.24. The molecule has 2 heteroatoms. The monoisotopic (exact) mass is 102 g/mol. The zero-order chi connectivity index (χ0) is 5.11. The third kappa shape index (κ3) is 0.810. The van der Waals surface area contributed by atoms with Gasteiger partial charge in [-0.05, 0) is 12.1 Å². The van der Waals surface area contributed by atoms with Gasteiger partial charge in [0.1, 0.15) is 12.4 Å². The van der Waals surface area contributed by atoms with Crippen LogP contribution in [0, 0.1) is 0 Å². The van der Waals surface area contributed by atoms with E-state index in [1.54, 1.807) is 12.1 Å². The number of aliphatic hydroxyl groups is 1. The number of rotatable bonds is 1. The number of hydrogen-bond acceptors (Lipinski definition) is 2. The molecule has 38 valence electrons. The molecule has 0 aliphatic rings. The highest BCUT2D eigenvalue weighted by atomic mass is 16.4. The maximum atomic E-state index is 8.33. The molecule has 0 radical (unpaired) electrons. The van der Waals surface area contributed by atoms with Gasteiger partial charge in [0, 0.05) is 0 Å². The quantitative estimate of drug-likeness (QED) is 0.578. The van der Waals surface area contributed by atoms with Gasteiger partial charge in [-0.25, -0.2) is 0 Å². The summed E-state index contributed by atoms with van der Waals surface area (Å²) < 4.78 is 4.73. The van der Waals surface area contributed by atoms with Gasteiger partial charge >= 0.3 is 5.71 Å². The molecule has 2 nitrogen and oxygen atoms in total. The van der Waals surface area contributed by atoms with Gasteiger partial charge in [0.2, 0.25) is 0 Å². The molecule has 0 unspecified atom stereocenters. The Morgan fingerprint density at radius 2 is 2.71 bits per heavy atom. The van der Waals surface area contributed by atoms with Crippen LogP contribution in [0.1, 0.15) is 11.5 Å². The normalized spacial score (nSPS) is 9.29. The molecule has 0 atom stereocenters. The second kappa shape index (κ2) is 1.80. The van der Waals surface area contributed by atoms with E-state index >= 15 is 0 Å². The van der Waals surface area contributed by atoms with Crippen molar-refractivity contribution in [1.82, 2.24) is 0 Å².